The Morgan fingerprint density at radius 1 is 0.793 bits per heavy atom. The van der Waals surface area contributed by atoms with E-state index in [0.717, 1.165) is 48.6 Å². The second-order valence-corrected chi connectivity index (χ2v) is 7.18. The third kappa shape index (κ3) is 3.45. The van der Waals surface area contributed by atoms with Crippen molar-refractivity contribution in [3.05, 3.63) is 36.5 Å². The van der Waals surface area contributed by atoms with Gasteiger partial charge in [0.05, 0.1) is 32.1 Å². The van der Waals surface area contributed by atoms with Crippen LogP contribution in [0.4, 0.5) is 11.6 Å². The number of aromatic nitrogens is 3. The monoisotopic (exact) mass is 393 g/mol. The summed E-state index contributed by atoms with van der Waals surface area (Å²) in [6.45, 7) is 5.81. The van der Waals surface area contributed by atoms with Crippen LogP contribution in [-0.2, 0) is 9.47 Å². The molecule has 2 saturated heterocycles. The number of fused-ring (bicyclic) bond motifs is 1. The molecule has 0 unspecified atom stereocenters. The van der Waals surface area contributed by atoms with Crippen LogP contribution in [0.3, 0.4) is 0 Å². The number of morpholine rings is 2. The molecule has 0 spiro atoms. The predicted molar refractivity (Wildman–Crippen MR) is 110 cm³/mol. The first-order chi connectivity index (χ1) is 14.3. The average molecular weight is 393 g/mol. The first kappa shape index (κ1) is 18.1. The highest BCUT2D eigenvalue weighted by Crippen LogP contribution is 2.35. The van der Waals surface area contributed by atoms with Crippen molar-refractivity contribution in [1.29, 1.82) is 0 Å². The predicted octanol–water partition coefficient (Wildman–Crippen LogP) is 2.07. The van der Waals surface area contributed by atoms with E-state index in [0.29, 0.717) is 37.7 Å². The summed E-state index contributed by atoms with van der Waals surface area (Å²) in [5.41, 5.74) is 1.41. The van der Waals surface area contributed by atoms with E-state index in [-0.39, 0.29) is 5.75 Å². The normalized spacial score (nSPS) is 17.7. The number of anilines is 2. The fourth-order valence-corrected chi connectivity index (χ4v) is 3.88. The number of nitrogens with zero attached hydrogens (tertiary/aromatic N) is 5. The molecule has 0 aliphatic carbocycles. The number of benzene rings is 1. The highest BCUT2D eigenvalue weighted by Gasteiger charge is 2.22. The van der Waals surface area contributed by atoms with Gasteiger partial charge in [-0.3, -0.25) is 4.98 Å². The Hall–Kier alpha value is -2.97. The Kier molecular flexibility index (Phi) is 4.87. The lowest BCUT2D eigenvalue weighted by atomic mass is 10.1. The Morgan fingerprint density at radius 3 is 2.00 bits per heavy atom. The molecule has 0 atom stereocenters. The lowest BCUT2D eigenvalue weighted by Crippen LogP contribution is -2.38. The Morgan fingerprint density at radius 2 is 1.38 bits per heavy atom. The van der Waals surface area contributed by atoms with Gasteiger partial charge in [-0.25, -0.2) is 0 Å². The minimum Gasteiger partial charge on any atom is -0.507 e. The summed E-state index contributed by atoms with van der Waals surface area (Å²) in [5, 5.41) is 21.4. The Balaban J connectivity index is 1.66. The van der Waals surface area contributed by atoms with Gasteiger partial charge in [0.2, 0.25) is 0 Å². The van der Waals surface area contributed by atoms with Crippen LogP contribution in [0.2, 0.25) is 0 Å². The number of aromatic hydroxyl groups is 1. The molecule has 2 fully saturated rings. The topological polar surface area (TPSA) is 83.8 Å². The molecular weight excluding hydrogens is 370 g/mol. The summed E-state index contributed by atoms with van der Waals surface area (Å²) in [7, 11) is 0. The van der Waals surface area contributed by atoms with Crippen molar-refractivity contribution in [2.75, 3.05) is 62.4 Å². The second-order valence-electron chi connectivity index (χ2n) is 7.18. The van der Waals surface area contributed by atoms with Crippen molar-refractivity contribution < 1.29 is 14.6 Å². The van der Waals surface area contributed by atoms with Crippen molar-refractivity contribution in [3.63, 3.8) is 0 Å². The van der Waals surface area contributed by atoms with Gasteiger partial charge in [-0.2, -0.15) is 0 Å². The molecule has 2 aromatic heterocycles. The number of hydrogen-bond donors (Lipinski definition) is 1. The van der Waals surface area contributed by atoms with Crippen LogP contribution in [0.15, 0.2) is 36.5 Å². The molecule has 8 heteroatoms. The van der Waals surface area contributed by atoms with Crippen LogP contribution < -0.4 is 9.80 Å². The van der Waals surface area contributed by atoms with Crippen LogP contribution in [0.25, 0.3) is 22.0 Å². The van der Waals surface area contributed by atoms with E-state index in [1.165, 1.54) is 0 Å². The number of para-hydroxylation sites is 1. The van der Waals surface area contributed by atoms with E-state index in [4.69, 9.17) is 9.47 Å². The number of pyridine rings is 1. The van der Waals surface area contributed by atoms with Crippen LogP contribution >= 0.6 is 0 Å². The molecule has 3 aromatic rings. The number of rotatable bonds is 3. The maximum absolute atomic E-state index is 10.3. The van der Waals surface area contributed by atoms with E-state index in [2.05, 4.69) is 25.0 Å². The van der Waals surface area contributed by atoms with Crippen LogP contribution in [0.5, 0.6) is 5.75 Å². The summed E-state index contributed by atoms with van der Waals surface area (Å²) in [4.78, 5) is 9.05. The maximum atomic E-state index is 10.3. The standard InChI is InChI=1S/C21H23N5O3/c27-19-4-2-1-3-15(19)18-13-16-17(14-22-18)21(26-7-11-29-12-8-26)24-23-20(16)25-5-9-28-10-6-25/h1-4,13-14,27H,5-12H2. The molecule has 2 aliphatic rings. The molecule has 5 rings (SSSR count). The van der Waals surface area contributed by atoms with E-state index in [9.17, 15) is 5.11 Å². The molecule has 0 radical (unpaired) electrons. The molecule has 1 aromatic carbocycles. The molecule has 0 saturated carbocycles. The molecule has 29 heavy (non-hydrogen) atoms. The Bertz CT molecular complexity index is 1020. The van der Waals surface area contributed by atoms with Crippen LogP contribution in [0.1, 0.15) is 0 Å². The van der Waals surface area contributed by atoms with E-state index in [1.807, 2.05) is 24.4 Å². The van der Waals surface area contributed by atoms with Crippen molar-refractivity contribution in [3.8, 4) is 17.0 Å². The molecule has 4 heterocycles. The maximum Gasteiger partial charge on any atom is 0.161 e. The molecule has 150 valence electrons. The largest absolute Gasteiger partial charge is 0.507 e. The van der Waals surface area contributed by atoms with Gasteiger partial charge in [0.1, 0.15) is 5.75 Å². The van der Waals surface area contributed by atoms with Crippen molar-refractivity contribution >= 4 is 22.4 Å². The first-order valence-electron chi connectivity index (χ1n) is 9.91. The van der Waals surface area contributed by atoms with Gasteiger partial charge in [-0.05, 0) is 18.2 Å². The molecule has 0 amide bonds. The van der Waals surface area contributed by atoms with Gasteiger partial charge < -0.3 is 24.4 Å². The fraction of sp³-hybridized carbons (Fsp3) is 0.381. The van der Waals surface area contributed by atoms with Crippen molar-refractivity contribution in [2.24, 2.45) is 0 Å². The van der Waals surface area contributed by atoms with Gasteiger partial charge in [0.15, 0.2) is 11.6 Å². The third-order valence-electron chi connectivity index (χ3n) is 5.43. The first-order valence-corrected chi connectivity index (χ1v) is 9.91. The van der Waals surface area contributed by atoms with Gasteiger partial charge >= 0.3 is 0 Å². The number of ether oxygens (including phenoxy) is 2. The number of phenols is 1. The summed E-state index contributed by atoms with van der Waals surface area (Å²) >= 11 is 0. The lowest BCUT2D eigenvalue weighted by Gasteiger charge is -2.31. The lowest BCUT2D eigenvalue weighted by molar-refractivity contribution is 0.122. The van der Waals surface area contributed by atoms with Gasteiger partial charge in [-0.15, -0.1) is 10.2 Å². The minimum absolute atomic E-state index is 0.211. The van der Waals surface area contributed by atoms with E-state index >= 15 is 0 Å². The van der Waals surface area contributed by atoms with Crippen LogP contribution in [-0.4, -0.2) is 72.9 Å². The van der Waals surface area contributed by atoms with E-state index in [1.54, 1.807) is 12.1 Å². The van der Waals surface area contributed by atoms with Crippen molar-refractivity contribution in [2.45, 2.75) is 0 Å². The summed E-state index contributed by atoms with van der Waals surface area (Å²) in [6.07, 6.45) is 1.85. The summed E-state index contributed by atoms with van der Waals surface area (Å²) < 4.78 is 11.0. The highest BCUT2D eigenvalue weighted by atomic mass is 16.5. The zero-order valence-electron chi connectivity index (χ0n) is 16.1. The summed E-state index contributed by atoms with van der Waals surface area (Å²) in [5.74, 6) is 1.87. The number of phenolic OH excluding ortho intramolecular Hbond substituents is 1. The quantitative estimate of drug-likeness (QED) is 0.724. The fourth-order valence-electron chi connectivity index (χ4n) is 3.88. The molecule has 1 N–H and O–H groups in total. The van der Waals surface area contributed by atoms with E-state index < -0.39 is 0 Å². The van der Waals surface area contributed by atoms with Gasteiger partial charge in [-0.1, -0.05) is 12.1 Å². The van der Waals surface area contributed by atoms with Gasteiger partial charge in [0.25, 0.3) is 0 Å². The minimum atomic E-state index is 0.211. The highest BCUT2D eigenvalue weighted by molar-refractivity contribution is 6.00. The SMILES string of the molecule is Oc1ccccc1-c1cc2c(N3CCOCC3)nnc(N3CCOCC3)c2cn1. The smallest absolute Gasteiger partial charge is 0.161 e. The zero-order chi connectivity index (χ0) is 19.6. The molecular formula is C21H23N5O3. The molecule has 0 bridgehead atoms. The second kappa shape index (κ2) is 7.81. The molecule has 2 aliphatic heterocycles. The zero-order valence-corrected chi connectivity index (χ0v) is 16.1. The van der Waals surface area contributed by atoms with Gasteiger partial charge in [0, 0.05) is 48.7 Å². The number of hydrogen-bond acceptors (Lipinski definition) is 8. The Labute approximate surface area is 168 Å². The summed E-state index contributed by atoms with van der Waals surface area (Å²) in [6, 6.07) is 9.26. The molecule has 8 nitrogen and oxygen atoms in total. The van der Waals surface area contributed by atoms with Crippen molar-refractivity contribution in [1.82, 2.24) is 15.2 Å². The third-order valence-corrected chi connectivity index (χ3v) is 5.43. The van der Waals surface area contributed by atoms with Crippen LogP contribution in [0, 0.1) is 0 Å². The average Bonchev–Trinajstić information content (AvgIpc) is 2.79.